The van der Waals surface area contributed by atoms with Crippen LogP contribution in [0.4, 0.5) is 0 Å². The van der Waals surface area contributed by atoms with Gasteiger partial charge in [0.2, 0.25) is 0 Å². The highest BCUT2D eigenvalue weighted by Crippen LogP contribution is 2.53. The number of aliphatic carboxylic acids is 1. The summed E-state index contributed by atoms with van der Waals surface area (Å²) >= 11 is 3.15. The Morgan fingerprint density at radius 3 is 2.41 bits per heavy atom. The molecule has 0 aromatic heterocycles. The molecule has 0 bridgehead atoms. The Hall–Kier alpha value is -0.880. The second-order valence-electron chi connectivity index (χ2n) is 4.23. The first-order chi connectivity index (χ1) is 7.84. The van der Waals surface area contributed by atoms with Crippen LogP contribution in [0.1, 0.15) is 13.3 Å². The Morgan fingerprint density at radius 1 is 1.47 bits per heavy atom. The summed E-state index contributed by atoms with van der Waals surface area (Å²) in [6.45, 7) is 1.64. The molecule has 1 saturated carbocycles. The first-order valence-electron chi connectivity index (χ1n) is 5.06. The molecule has 2 rings (SSSR count). The van der Waals surface area contributed by atoms with Crippen molar-refractivity contribution in [2.75, 3.05) is 0 Å². The van der Waals surface area contributed by atoms with E-state index in [4.69, 9.17) is 5.11 Å². The Kier molecular flexibility index (Phi) is 2.82. The summed E-state index contributed by atoms with van der Waals surface area (Å²) in [4.78, 5) is 11.3. The van der Waals surface area contributed by atoms with E-state index in [1.165, 1.54) is 6.07 Å². The maximum Gasteiger partial charge on any atom is 0.325 e. The Labute approximate surface area is 108 Å². The minimum Gasteiger partial charge on any atom is -0.480 e. The summed E-state index contributed by atoms with van der Waals surface area (Å²) in [5, 5.41) is 9.17. The molecule has 0 radical (unpaired) electrons. The number of carbonyl (C=O) groups is 1. The summed E-state index contributed by atoms with van der Waals surface area (Å²) in [6, 6.07) is 6.29. The zero-order chi connectivity index (χ0) is 12.8. The first kappa shape index (κ1) is 12.6. The van der Waals surface area contributed by atoms with Gasteiger partial charge in [0.1, 0.15) is 0 Å². The molecule has 4 nitrogen and oxygen atoms in total. The van der Waals surface area contributed by atoms with E-state index >= 15 is 0 Å². The predicted octanol–water partition coefficient (Wildman–Crippen LogP) is 2.09. The minimum atomic E-state index is -3.85. The van der Waals surface area contributed by atoms with Crippen LogP contribution in [0.25, 0.3) is 0 Å². The van der Waals surface area contributed by atoms with Gasteiger partial charge in [-0.1, -0.05) is 19.1 Å². The smallest absolute Gasteiger partial charge is 0.325 e. The van der Waals surface area contributed by atoms with Crippen molar-refractivity contribution < 1.29 is 18.3 Å². The standard InChI is InChI=1S/C11H11BrO4S/c1-7-6-11(7,10(13)14)17(15,16)9-5-3-2-4-8(9)12/h2-5,7H,6H2,1H3,(H,13,14). The third kappa shape index (κ3) is 1.62. The maximum absolute atomic E-state index is 12.4. The largest absolute Gasteiger partial charge is 0.480 e. The van der Waals surface area contributed by atoms with E-state index in [1.54, 1.807) is 25.1 Å². The van der Waals surface area contributed by atoms with Gasteiger partial charge in [-0.3, -0.25) is 4.79 Å². The quantitative estimate of drug-likeness (QED) is 0.926. The SMILES string of the molecule is CC1CC1(C(=O)O)S(=O)(=O)c1ccccc1Br. The number of benzene rings is 1. The van der Waals surface area contributed by atoms with Crippen LogP contribution in [0, 0.1) is 5.92 Å². The van der Waals surface area contributed by atoms with Crippen LogP contribution < -0.4 is 0 Å². The van der Waals surface area contributed by atoms with Crippen molar-refractivity contribution in [1.82, 2.24) is 0 Å². The van der Waals surface area contributed by atoms with Crippen LogP contribution in [0.3, 0.4) is 0 Å². The van der Waals surface area contributed by atoms with Crippen molar-refractivity contribution >= 4 is 31.7 Å². The van der Waals surface area contributed by atoms with E-state index in [-0.39, 0.29) is 17.2 Å². The highest BCUT2D eigenvalue weighted by molar-refractivity contribution is 9.10. The van der Waals surface area contributed by atoms with Crippen molar-refractivity contribution in [2.24, 2.45) is 5.92 Å². The van der Waals surface area contributed by atoms with E-state index in [9.17, 15) is 13.2 Å². The van der Waals surface area contributed by atoms with Gasteiger partial charge in [0.05, 0.1) is 4.90 Å². The van der Waals surface area contributed by atoms with Gasteiger partial charge in [-0.2, -0.15) is 0 Å². The Balaban J connectivity index is 2.60. The van der Waals surface area contributed by atoms with Gasteiger partial charge in [-0.05, 0) is 40.4 Å². The molecule has 0 saturated heterocycles. The highest BCUT2D eigenvalue weighted by atomic mass is 79.9. The van der Waals surface area contributed by atoms with Gasteiger partial charge in [0, 0.05) is 4.47 Å². The lowest BCUT2D eigenvalue weighted by Gasteiger charge is -2.14. The van der Waals surface area contributed by atoms with Crippen LogP contribution in [0.5, 0.6) is 0 Å². The van der Waals surface area contributed by atoms with E-state index in [0.29, 0.717) is 4.47 Å². The van der Waals surface area contributed by atoms with Gasteiger partial charge >= 0.3 is 5.97 Å². The van der Waals surface area contributed by atoms with Crippen LogP contribution in [-0.4, -0.2) is 24.2 Å². The fourth-order valence-electron chi connectivity index (χ4n) is 2.04. The Bertz CT molecular complexity index is 581. The summed E-state index contributed by atoms with van der Waals surface area (Å²) in [5.41, 5.74) is 0. The van der Waals surface area contributed by atoms with Crippen LogP contribution in [0.2, 0.25) is 0 Å². The number of sulfone groups is 1. The number of hydrogen-bond donors (Lipinski definition) is 1. The van der Waals surface area contributed by atoms with Gasteiger partial charge in [-0.25, -0.2) is 8.42 Å². The summed E-state index contributed by atoms with van der Waals surface area (Å²) in [6.07, 6.45) is 0.173. The molecule has 1 aliphatic rings. The van der Waals surface area contributed by atoms with E-state index < -0.39 is 20.6 Å². The normalized spacial score (nSPS) is 27.8. The highest BCUT2D eigenvalue weighted by Gasteiger charge is 2.68. The molecule has 2 unspecified atom stereocenters. The topological polar surface area (TPSA) is 71.4 Å². The van der Waals surface area contributed by atoms with Gasteiger partial charge in [0.15, 0.2) is 14.6 Å². The number of rotatable bonds is 3. The number of carboxylic acid groups (broad SMARTS) is 1. The lowest BCUT2D eigenvalue weighted by Crippen LogP contribution is -2.34. The molecule has 1 fully saturated rings. The minimum absolute atomic E-state index is 0.0479. The molecule has 0 spiro atoms. The lowest BCUT2D eigenvalue weighted by molar-refractivity contribution is -0.137. The molecular weight excluding hydrogens is 308 g/mol. The molecule has 0 amide bonds. The second kappa shape index (κ2) is 3.81. The molecule has 17 heavy (non-hydrogen) atoms. The summed E-state index contributed by atoms with van der Waals surface area (Å²) < 4.78 is 23.5. The molecule has 2 atom stereocenters. The van der Waals surface area contributed by atoms with Crippen molar-refractivity contribution in [3.8, 4) is 0 Å². The van der Waals surface area contributed by atoms with Gasteiger partial charge in [-0.15, -0.1) is 0 Å². The van der Waals surface area contributed by atoms with E-state index in [0.717, 1.165) is 0 Å². The van der Waals surface area contributed by atoms with Crippen LogP contribution in [-0.2, 0) is 14.6 Å². The van der Waals surface area contributed by atoms with Crippen molar-refractivity contribution in [1.29, 1.82) is 0 Å². The lowest BCUT2D eigenvalue weighted by atomic mass is 10.3. The number of halogens is 1. The predicted molar refractivity (Wildman–Crippen MR) is 65.5 cm³/mol. The Morgan fingerprint density at radius 2 is 2.00 bits per heavy atom. The third-order valence-corrected chi connectivity index (χ3v) is 6.80. The van der Waals surface area contributed by atoms with Crippen molar-refractivity contribution in [2.45, 2.75) is 23.0 Å². The average molecular weight is 319 g/mol. The number of carboxylic acids is 1. The molecule has 6 heteroatoms. The molecular formula is C11H11BrO4S. The van der Waals surface area contributed by atoms with E-state index in [1.807, 2.05) is 0 Å². The van der Waals surface area contributed by atoms with Crippen LogP contribution >= 0.6 is 15.9 Å². The molecule has 1 aromatic rings. The zero-order valence-corrected chi connectivity index (χ0v) is 11.5. The fraction of sp³-hybridized carbons (Fsp3) is 0.364. The van der Waals surface area contributed by atoms with Gasteiger partial charge < -0.3 is 5.11 Å². The number of hydrogen-bond acceptors (Lipinski definition) is 3. The average Bonchev–Trinajstić information content (AvgIpc) is 2.92. The second-order valence-corrected chi connectivity index (χ2v) is 7.26. The van der Waals surface area contributed by atoms with Crippen molar-refractivity contribution in [3.05, 3.63) is 28.7 Å². The summed E-state index contributed by atoms with van der Waals surface area (Å²) in [5.74, 6) is -1.61. The zero-order valence-electron chi connectivity index (χ0n) is 9.05. The van der Waals surface area contributed by atoms with Gasteiger partial charge in [0.25, 0.3) is 0 Å². The third-order valence-electron chi connectivity index (χ3n) is 3.21. The summed E-state index contributed by atoms with van der Waals surface area (Å²) in [7, 11) is -3.85. The van der Waals surface area contributed by atoms with Crippen LogP contribution in [0.15, 0.2) is 33.6 Å². The monoisotopic (exact) mass is 318 g/mol. The molecule has 1 N–H and O–H groups in total. The fourth-order valence-corrected chi connectivity index (χ4v) is 5.17. The molecule has 1 aliphatic carbocycles. The molecule has 92 valence electrons. The molecule has 0 aliphatic heterocycles. The first-order valence-corrected chi connectivity index (χ1v) is 7.34. The maximum atomic E-state index is 12.4. The molecule has 0 heterocycles. The van der Waals surface area contributed by atoms with Crippen molar-refractivity contribution in [3.63, 3.8) is 0 Å². The van der Waals surface area contributed by atoms with E-state index in [2.05, 4.69) is 15.9 Å². The molecule has 1 aromatic carbocycles.